The van der Waals surface area contributed by atoms with Crippen molar-refractivity contribution in [1.82, 2.24) is 25.1 Å². The molecule has 0 aliphatic carbocycles. The van der Waals surface area contributed by atoms with Crippen molar-refractivity contribution in [2.75, 3.05) is 19.6 Å². The van der Waals surface area contributed by atoms with Gasteiger partial charge in [-0.3, -0.25) is 9.80 Å². The third kappa shape index (κ3) is 6.14. The first-order chi connectivity index (χ1) is 17.0. The maximum Gasteiger partial charge on any atom is 0.433 e. The number of furan rings is 1. The normalized spacial score (nSPS) is 23.2. The number of halogens is 3. The highest BCUT2D eigenvalue weighted by Gasteiger charge is 2.40. The van der Waals surface area contributed by atoms with Crippen LogP contribution in [0.1, 0.15) is 43.1 Å². The summed E-state index contributed by atoms with van der Waals surface area (Å²) in [5.74, 6) is 0.221. The summed E-state index contributed by atoms with van der Waals surface area (Å²) in [6.07, 6.45) is -3.78. The summed E-state index contributed by atoms with van der Waals surface area (Å²) in [7, 11) is 0. The Hall–Kier alpha value is -2.74. The Bertz CT molecular complexity index is 1050. The minimum Gasteiger partial charge on any atom is -0.472 e. The summed E-state index contributed by atoms with van der Waals surface area (Å²) < 4.78 is 46.2. The Morgan fingerprint density at radius 2 is 2.11 bits per heavy atom. The zero-order chi connectivity index (χ0) is 26.0. The molecule has 4 rings (SSSR count). The van der Waals surface area contributed by atoms with Crippen LogP contribution in [-0.4, -0.2) is 79.3 Å². The Morgan fingerprint density at radius 3 is 2.78 bits per heavy atom. The average Bonchev–Trinajstić information content (AvgIpc) is 3.34. The highest BCUT2D eigenvalue weighted by Crippen LogP contribution is 2.35. The number of nitrogens with one attached hydrogen (secondary N) is 1. The Kier molecular flexibility index (Phi) is 7.83. The van der Waals surface area contributed by atoms with E-state index in [1.165, 1.54) is 18.6 Å². The Balaban J connectivity index is 1.51. The van der Waals surface area contributed by atoms with E-state index in [4.69, 9.17) is 4.42 Å². The van der Waals surface area contributed by atoms with Crippen LogP contribution in [0.2, 0.25) is 0 Å². The fourth-order valence-electron chi connectivity index (χ4n) is 4.93. The molecule has 1 amide bonds. The van der Waals surface area contributed by atoms with E-state index in [9.17, 15) is 33.3 Å². The topological polar surface area (TPSA) is 135 Å². The highest BCUT2D eigenvalue weighted by molar-refractivity contribution is 5.64. The minimum absolute atomic E-state index is 0.00890. The monoisotopic (exact) mass is 513 g/mol. The lowest BCUT2D eigenvalue weighted by atomic mass is 9.97. The molecule has 0 spiro atoms. The Labute approximate surface area is 205 Å². The van der Waals surface area contributed by atoms with Gasteiger partial charge in [0.25, 0.3) is 0 Å². The van der Waals surface area contributed by atoms with Crippen molar-refractivity contribution in [3.63, 3.8) is 0 Å². The summed E-state index contributed by atoms with van der Waals surface area (Å²) in [5, 5.41) is 33.0. The van der Waals surface area contributed by atoms with Crippen molar-refractivity contribution in [2.45, 2.75) is 63.8 Å². The molecule has 4 N–H and O–H groups in total. The minimum atomic E-state index is -4.67. The van der Waals surface area contributed by atoms with E-state index in [1.807, 2.05) is 6.92 Å². The van der Waals surface area contributed by atoms with Gasteiger partial charge in [-0.25, -0.2) is 14.8 Å². The summed E-state index contributed by atoms with van der Waals surface area (Å²) in [5.41, 5.74) is -0.553. The highest BCUT2D eigenvalue weighted by atomic mass is 19.4. The van der Waals surface area contributed by atoms with Crippen LogP contribution in [0.4, 0.5) is 18.0 Å². The lowest BCUT2D eigenvalue weighted by Gasteiger charge is -2.39. The number of likely N-dealkylation sites (tertiary alicyclic amines) is 1. The van der Waals surface area contributed by atoms with Crippen LogP contribution in [0.3, 0.4) is 0 Å². The van der Waals surface area contributed by atoms with Gasteiger partial charge in [0.1, 0.15) is 18.7 Å². The first kappa shape index (κ1) is 26.3. The molecule has 2 aromatic rings. The number of aliphatic hydroxyl groups excluding tert-OH is 2. The molecule has 1 fully saturated rings. The predicted octanol–water partition coefficient (Wildman–Crippen LogP) is 2.51. The van der Waals surface area contributed by atoms with Crippen molar-refractivity contribution >= 4 is 6.09 Å². The zero-order valence-corrected chi connectivity index (χ0v) is 19.8. The van der Waals surface area contributed by atoms with E-state index in [0.717, 1.165) is 6.42 Å². The number of hydrogen-bond donors (Lipinski definition) is 4. The quantitative estimate of drug-likeness (QED) is 0.440. The molecule has 2 aromatic heterocycles. The molecule has 0 saturated carbocycles. The Morgan fingerprint density at radius 1 is 1.33 bits per heavy atom. The largest absolute Gasteiger partial charge is 0.472 e. The molecule has 0 aromatic carbocycles. The predicted molar refractivity (Wildman–Crippen MR) is 120 cm³/mol. The lowest BCUT2D eigenvalue weighted by Crippen LogP contribution is -2.52. The standard InChI is InChI=1S/C23H30F3N5O5/c1-13-2-3-18(32)31(9-13)10-15(27-22(34)35)8-19(33)30-6-4-16-17(11-30)28-21(14-5-7-36-12-14)29-20(16)23(24,25)26/h5,7,12-13,15,18-19,27,32-33H,2-4,6,8-11H2,1H3,(H,34,35)/t13-,15+,18?,19?/m1/s1. The first-order valence-corrected chi connectivity index (χ1v) is 11.8. The third-order valence-corrected chi connectivity index (χ3v) is 6.73. The van der Waals surface area contributed by atoms with Gasteiger partial charge in [-0.15, -0.1) is 0 Å². The van der Waals surface area contributed by atoms with E-state index < -0.39 is 36.5 Å². The number of nitrogens with zero attached hydrogens (tertiary/aromatic N) is 4. The first-order valence-electron chi connectivity index (χ1n) is 11.8. The second-order valence-corrected chi connectivity index (χ2v) is 9.53. The summed E-state index contributed by atoms with van der Waals surface area (Å²) >= 11 is 0. The van der Waals surface area contributed by atoms with Gasteiger partial charge in [-0.2, -0.15) is 13.2 Å². The second kappa shape index (κ2) is 10.7. The van der Waals surface area contributed by atoms with Gasteiger partial charge in [0.15, 0.2) is 11.5 Å². The van der Waals surface area contributed by atoms with Crippen molar-refractivity contribution in [3.8, 4) is 11.4 Å². The van der Waals surface area contributed by atoms with E-state index in [-0.39, 0.29) is 49.6 Å². The number of alkyl halides is 3. The van der Waals surface area contributed by atoms with E-state index in [0.29, 0.717) is 24.4 Å². The molecular formula is C23H30F3N5O5. The zero-order valence-electron chi connectivity index (χ0n) is 19.8. The van der Waals surface area contributed by atoms with E-state index in [2.05, 4.69) is 15.3 Å². The van der Waals surface area contributed by atoms with Crippen LogP contribution in [0.15, 0.2) is 23.0 Å². The fourth-order valence-corrected chi connectivity index (χ4v) is 4.93. The smallest absolute Gasteiger partial charge is 0.433 e. The number of rotatable bonds is 7. The van der Waals surface area contributed by atoms with Crippen LogP contribution in [0.25, 0.3) is 11.4 Å². The number of hydrogen-bond acceptors (Lipinski definition) is 8. The van der Waals surface area contributed by atoms with Gasteiger partial charge in [-0.05, 0) is 31.2 Å². The molecule has 198 valence electrons. The van der Waals surface area contributed by atoms with Crippen LogP contribution >= 0.6 is 0 Å². The average molecular weight is 514 g/mol. The molecule has 2 aliphatic heterocycles. The number of aromatic nitrogens is 2. The maximum absolute atomic E-state index is 13.8. The van der Waals surface area contributed by atoms with Gasteiger partial charge in [0, 0.05) is 44.2 Å². The molecule has 2 aliphatic rings. The SMILES string of the molecule is C[C@@H]1CCC(O)N(C[C@H](CC(O)N2CCc3c(nc(-c4ccoc4)nc3C(F)(F)F)C2)NC(=O)O)C1. The van der Waals surface area contributed by atoms with Gasteiger partial charge in [0.05, 0.1) is 17.5 Å². The molecule has 4 heterocycles. The molecule has 0 radical (unpaired) electrons. The van der Waals surface area contributed by atoms with Crippen molar-refractivity contribution in [3.05, 3.63) is 35.5 Å². The second-order valence-electron chi connectivity index (χ2n) is 9.53. The summed E-state index contributed by atoms with van der Waals surface area (Å²) in [6.45, 7) is 2.91. The van der Waals surface area contributed by atoms with Gasteiger partial charge < -0.3 is 25.1 Å². The number of fused-ring (bicyclic) bond motifs is 1. The van der Waals surface area contributed by atoms with Crippen molar-refractivity contribution < 1.29 is 37.7 Å². The number of piperidine rings is 1. The molecule has 0 bridgehead atoms. The number of aliphatic hydroxyl groups is 2. The van der Waals surface area contributed by atoms with Crippen LogP contribution in [0.5, 0.6) is 0 Å². The number of carboxylic acid groups (broad SMARTS) is 1. The molecule has 36 heavy (non-hydrogen) atoms. The molecular weight excluding hydrogens is 483 g/mol. The number of carbonyl (C=O) groups is 1. The van der Waals surface area contributed by atoms with E-state index in [1.54, 1.807) is 9.80 Å². The van der Waals surface area contributed by atoms with Gasteiger partial charge in [0.2, 0.25) is 0 Å². The summed E-state index contributed by atoms with van der Waals surface area (Å²) in [6, 6.07) is 0.770. The van der Waals surface area contributed by atoms with Gasteiger partial charge >= 0.3 is 12.3 Å². The van der Waals surface area contributed by atoms with Crippen LogP contribution < -0.4 is 5.32 Å². The maximum atomic E-state index is 13.8. The molecule has 2 unspecified atom stereocenters. The fraction of sp³-hybridized carbons (Fsp3) is 0.609. The van der Waals surface area contributed by atoms with Crippen molar-refractivity contribution in [2.24, 2.45) is 5.92 Å². The van der Waals surface area contributed by atoms with Gasteiger partial charge in [-0.1, -0.05) is 6.92 Å². The van der Waals surface area contributed by atoms with E-state index >= 15 is 0 Å². The molecule has 4 atom stereocenters. The van der Waals surface area contributed by atoms with Crippen LogP contribution in [-0.2, 0) is 19.1 Å². The van der Waals surface area contributed by atoms with Crippen LogP contribution in [0, 0.1) is 5.92 Å². The van der Waals surface area contributed by atoms with Crippen molar-refractivity contribution in [1.29, 1.82) is 0 Å². The molecule has 1 saturated heterocycles. The lowest BCUT2D eigenvalue weighted by molar-refractivity contribution is -0.142. The number of amides is 1. The third-order valence-electron chi connectivity index (χ3n) is 6.73. The molecule has 10 nitrogen and oxygen atoms in total. The molecule has 13 heteroatoms. The summed E-state index contributed by atoms with van der Waals surface area (Å²) in [4.78, 5) is 22.8.